The lowest BCUT2D eigenvalue weighted by Crippen LogP contribution is -1.94. The molecule has 12 aromatic carbocycles. The van der Waals surface area contributed by atoms with E-state index in [9.17, 15) is 20.4 Å². The van der Waals surface area contributed by atoms with Crippen LogP contribution in [0, 0.1) is 0 Å². The number of hydrogen-bond donors (Lipinski definition) is 4. The zero-order valence-corrected chi connectivity index (χ0v) is 35.2. The second-order valence-corrected chi connectivity index (χ2v) is 16.6. The molecule has 0 aliphatic rings. The van der Waals surface area contributed by atoms with E-state index in [1.165, 1.54) is 0 Å². The molecule has 0 amide bonds. The summed E-state index contributed by atoms with van der Waals surface area (Å²) in [5.41, 5.74) is 4.38. The van der Waals surface area contributed by atoms with Crippen molar-refractivity contribution in [3.8, 4) is 79.4 Å². The maximum absolute atomic E-state index is 11.5. The van der Waals surface area contributed by atoms with Crippen LogP contribution in [0.1, 0.15) is 0 Å². The van der Waals surface area contributed by atoms with Crippen molar-refractivity contribution in [1.82, 2.24) is 0 Å². The van der Waals surface area contributed by atoms with E-state index in [1.54, 1.807) is 30.3 Å². The van der Waals surface area contributed by atoms with Gasteiger partial charge >= 0.3 is 0 Å². The fraction of sp³-hybridized carbons (Fsp3) is 0. The first-order valence-electron chi connectivity index (χ1n) is 21.7. The van der Waals surface area contributed by atoms with Gasteiger partial charge in [0.1, 0.15) is 46.0 Å². The maximum atomic E-state index is 11.5. The first-order chi connectivity index (χ1) is 32.4. The molecular formula is C60H38O6. The predicted octanol–water partition coefficient (Wildman–Crippen LogP) is 16.0. The largest absolute Gasteiger partial charge is 0.508 e. The second kappa shape index (κ2) is 15.4. The first kappa shape index (κ1) is 38.7. The number of benzene rings is 12. The van der Waals surface area contributed by atoms with Crippen LogP contribution in [0.25, 0.3) is 98.0 Å². The molecule has 12 aromatic rings. The van der Waals surface area contributed by atoms with Crippen LogP contribution in [0.3, 0.4) is 0 Å². The van der Waals surface area contributed by atoms with Gasteiger partial charge in [-0.05, 0) is 143 Å². The summed E-state index contributed by atoms with van der Waals surface area (Å²) >= 11 is 0. The molecule has 0 radical (unpaired) electrons. The summed E-state index contributed by atoms with van der Waals surface area (Å²) in [6, 6.07) is 65.8. The smallest absolute Gasteiger partial charge is 0.135 e. The SMILES string of the molecule is Oc1cc(-c2c(Oc3ccc4ccc(O)c(-c5c(O)ccc6ccccc56)c4c3)ccc3ccc(Oc4ccc5ccccc5c4-c4ccc(O)c5ccccc45)cc23)c2ccccc2c1. The summed E-state index contributed by atoms with van der Waals surface area (Å²) in [5.74, 6) is 2.69. The normalized spacial score (nSPS) is 11.6. The molecule has 0 unspecified atom stereocenters. The van der Waals surface area contributed by atoms with Crippen LogP contribution < -0.4 is 9.47 Å². The molecule has 6 heteroatoms. The molecule has 6 nitrogen and oxygen atoms in total. The van der Waals surface area contributed by atoms with Crippen LogP contribution in [-0.4, -0.2) is 20.4 Å². The number of rotatable bonds is 7. The van der Waals surface area contributed by atoms with Gasteiger partial charge in [0.15, 0.2) is 0 Å². The molecule has 66 heavy (non-hydrogen) atoms. The molecule has 0 spiro atoms. The van der Waals surface area contributed by atoms with E-state index < -0.39 is 0 Å². The summed E-state index contributed by atoms with van der Waals surface area (Å²) in [4.78, 5) is 0. The highest BCUT2D eigenvalue weighted by molar-refractivity contribution is 6.12. The van der Waals surface area contributed by atoms with Gasteiger partial charge in [0, 0.05) is 27.6 Å². The summed E-state index contributed by atoms with van der Waals surface area (Å²) in [7, 11) is 0. The number of phenols is 4. The molecule has 0 atom stereocenters. The van der Waals surface area contributed by atoms with Crippen molar-refractivity contribution < 1.29 is 29.9 Å². The minimum atomic E-state index is 0.0321. The van der Waals surface area contributed by atoms with Crippen molar-refractivity contribution >= 4 is 64.6 Å². The third-order valence-electron chi connectivity index (χ3n) is 12.7. The summed E-state index contributed by atoms with van der Waals surface area (Å²) in [6.45, 7) is 0. The zero-order valence-electron chi connectivity index (χ0n) is 35.2. The third kappa shape index (κ3) is 6.42. The highest BCUT2D eigenvalue weighted by Gasteiger charge is 2.22. The van der Waals surface area contributed by atoms with E-state index in [0.29, 0.717) is 39.5 Å². The van der Waals surface area contributed by atoms with Crippen LogP contribution in [0.5, 0.6) is 46.0 Å². The molecule has 0 aliphatic carbocycles. The maximum Gasteiger partial charge on any atom is 0.135 e. The Labute approximate surface area is 378 Å². The van der Waals surface area contributed by atoms with E-state index >= 15 is 0 Å². The number of fused-ring (bicyclic) bond motifs is 6. The standard InChI is InChI=1S/C60H38O6/c61-40-31-39-11-3-4-12-43(39)51(32-40)58-49-33-41(65-55-29-21-36-10-1-5-13-44(36)57(55)48-25-28-52(62)47-16-8-7-15-46(47)48)24-18-38(49)22-30-56(58)66-42-23-17-37-20-27-54(64)60(50(37)34-42)59-45-14-6-2-9-35(45)19-26-53(59)63/h1-34,61-64H. The Balaban J connectivity index is 1.05. The zero-order chi connectivity index (χ0) is 44.5. The number of phenolic OH excluding ortho intramolecular Hbond substituents is 4. The van der Waals surface area contributed by atoms with Crippen LogP contribution in [0.15, 0.2) is 206 Å². The molecule has 0 bridgehead atoms. The van der Waals surface area contributed by atoms with E-state index in [4.69, 9.17) is 9.47 Å². The van der Waals surface area contributed by atoms with E-state index in [2.05, 4.69) is 18.2 Å². The molecule has 0 aliphatic heterocycles. The Hall–Kier alpha value is -9.00. The van der Waals surface area contributed by atoms with Gasteiger partial charge in [-0.25, -0.2) is 0 Å². The molecule has 12 rings (SSSR count). The Morgan fingerprint density at radius 2 is 0.682 bits per heavy atom. The van der Waals surface area contributed by atoms with E-state index in [0.717, 1.165) is 81.5 Å². The Morgan fingerprint density at radius 1 is 0.258 bits per heavy atom. The summed E-state index contributed by atoms with van der Waals surface area (Å²) in [6.07, 6.45) is 0. The fourth-order valence-corrected chi connectivity index (χ4v) is 9.71. The lowest BCUT2D eigenvalue weighted by atomic mass is 9.92. The van der Waals surface area contributed by atoms with Crippen molar-refractivity contribution in [2.75, 3.05) is 0 Å². The van der Waals surface area contributed by atoms with Gasteiger partial charge in [0.2, 0.25) is 0 Å². The van der Waals surface area contributed by atoms with Crippen molar-refractivity contribution in [3.63, 3.8) is 0 Å². The van der Waals surface area contributed by atoms with Gasteiger partial charge in [-0.2, -0.15) is 0 Å². The summed E-state index contributed by atoms with van der Waals surface area (Å²) < 4.78 is 13.9. The van der Waals surface area contributed by atoms with Gasteiger partial charge in [-0.1, -0.05) is 133 Å². The topological polar surface area (TPSA) is 99.4 Å². The van der Waals surface area contributed by atoms with Crippen LogP contribution in [-0.2, 0) is 0 Å². The Morgan fingerprint density at radius 3 is 1.30 bits per heavy atom. The second-order valence-electron chi connectivity index (χ2n) is 16.6. The molecule has 0 saturated carbocycles. The van der Waals surface area contributed by atoms with E-state index in [-0.39, 0.29) is 23.0 Å². The van der Waals surface area contributed by atoms with Gasteiger partial charge in [0.25, 0.3) is 0 Å². The van der Waals surface area contributed by atoms with Gasteiger partial charge < -0.3 is 29.9 Å². The van der Waals surface area contributed by atoms with Crippen molar-refractivity contribution in [1.29, 1.82) is 0 Å². The monoisotopic (exact) mass is 854 g/mol. The average molecular weight is 855 g/mol. The lowest BCUT2D eigenvalue weighted by Gasteiger charge is -2.19. The third-order valence-corrected chi connectivity index (χ3v) is 12.7. The van der Waals surface area contributed by atoms with Crippen molar-refractivity contribution in [2.45, 2.75) is 0 Å². The quantitative estimate of drug-likeness (QED) is 0.127. The highest BCUT2D eigenvalue weighted by atomic mass is 16.5. The van der Waals surface area contributed by atoms with Crippen LogP contribution >= 0.6 is 0 Å². The minimum absolute atomic E-state index is 0.0321. The molecule has 0 fully saturated rings. The molecule has 314 valence electrons. The van der Waals surface area contributed by atoms with Crippen LogP contribution in [0.4, 0.5) is 0 Å². The lowest BCUT2D eigenvalue weighted by molar-refractivity contribution is 0.470. The van der Waals surface area contributed by atoms with Gasteiger partial charge in [-0.15, -0.1) is 0 Å². The van der Waals surface area contributed by atoms with E-state index in [1.807, 2.05) is 158 Å². The number of aromatic hydroxyl groups is 4. The molecule has 0 aromatic heterocycles. The average Bonchev–Trinajstić information content (AvgIpc) is 3.34. The Kier molecular flexibility index (Phi) is 9.00. The highest BCUT2D eigenvalue weighted by Crippen LogP contribution is 2.49. The molecule has 0 heterocycles. The first-order valence-corrected chi connectivity index (χ1v) is 21.7. The van der Waals surface area contributed by atoms with Gasteiger partial charge in [-0.3, -0.25) is 0 Å². The Bertz CT molecular complexity index is 3950. The predicted molar refractivity (Wildman–Crippen MR) is 267 cm³/mol. The van der Waals surface area contributed by atoms with Crippen molar-refractivity contribution in [2.24, 2.45) is 0 Å². The minimum Gasteiger partial charge on any atom is -0.508 e. The van der Waals surface area contributed by atoms with Crippen LogP contribution in [0.2, 0.25) is 0 Å². The fourth-order valence-electron chi connectivity index (χ4n) is 9.71. The molecule has 4 N–H and O–H groups in total. The van der Waals surface area contributed by atoms with Crippen molar-refractivity contribution in [3.05, 3.63) is 206 Å². The van der Waals surface area contributed by atoms with Gasteiger partial charge in [0.05, 0.1) is 0 Å². The molecular weight excluding hydrogens is 817 g/mol. The summed E-state index contributed by atoms with van der Waals surface area (Å²) in [5, 5.41) is 55.5. The molecule has 0 saturated heterocycles. The number of ether oxygens (including phenoxy) is 2. The number of hydrogen-bond acceptors (Lipinski definition) is 6.